The van der Waals surface area contributed by atoms with Crippen LogP contribution in [0, 0.1) is 0 Å². The Kier molecular flexibility index (Phi) is 4.43. The summed E-state index contributed by atoms with van der Waals surface area (Å²) in [6.45, 7) is 0.386. The van der Waals surface area contributed by atoms with Gasteiger partial charge in [-0.1, -0.05) is 6.07 Å². The van der Waals surface area contributed by atoms with E-state index in [-0.39, 0.29) is 5.69 Å². The molecule has 1 fully saturated rings. The summed E-state index contributed by atoms with van der Waals surface area (Å²) < 4.78 is 37.7. The molecule has 1 aliphatic heterocycles. The largest absolute Gasteiger partial charge is 0.416 e. The maximum atomic E-state index is 12.6. The summed E-state index contributed by atoms with van der Waals surface area (Å²) in [5, 5.41) is 0. The highest BCUT2D eigenvalue weighted by Crippen LogP contribution is 2.30. The molecule has 2 rings (SSSR count). The number of hydrazine groups is 1. The van der Waals surface area contributed by atoms with E-state index in [0.717, 1.165) is 12.1 Å². The zero-order valence-electron chi connectivity index (χ0n) is 11.5. The topological polar surface area (TPSA) is 87.5 Å². The summed E-state index contributed by atoms with van der Waals surface area (Å²) in [5.74, 6) is -0.520. The van der Waals surface area contributed by atoms with E-state index >= 15 is 0 Å². The lowest BCUT2D eigenvalue weighted by atomic mass is 10.2. The van der Waals surface area contributed by atoms with Crippen molar-refractivity contribution in [3.63, 3.8) is 0 Å². The van der Waals surface area contributed by atoms with Crippen molar-refractivity contribution >= 4 is 17.6 Å². The van der Waals surface area contributed by atoms with Gasteiger partial charge in [0.15, 0.2) is 0 Å². The van der Waals surface area contributed by atoms with Gasteiger partial charge in [0, 0.05) is 6.54 Å². The highest BCUT2D eigenvalue weighted by atomic mass is 19.4. The van der Waals surface area contributed by atoms with Crippen molar-refractivity contribution in [3.05, 3.63) is 29.8 Å². The van der Waals surface area contributed by atoms with Gasteiger partial charge in [-0.15, -0.1) is 0 Å². The van der Waals surface area contributed by atoms with Crippen LogP contribution in [-0.2, 0) is 11.0 Å². The summed E-state index contributed by atoms with van der Waals surface area (Å²) in [6, 6.07) is 3.01. The third-order valence-corrected chi connectivity index (χ3v) is 3.36. The molecule has 1 unspecified atom stereocenters. The van der Waals surface area contributed by atoms with Crippen LogP contribution in [-0.4, -0.2) is 29.4 Å². The molecule has 1 aromatic carbocycles. The van der Waals surface area contributed by atoms with E-state index in [4.69, 9.17) is 5.73 Å². The normalized spacial score (nSPS) is 18.1. The monoisotopic (exact) mass is 316 g/mol. The number of carbonyl (C=O) groups is 2. The van der Waals surface area contributed by atoms with Gasteiger partial charge in [-0.25, -0.2) is 4.79 Å². The van der Waals surface area contributed by atoms with Crippen molar-refractivity contribution in [2.24, 2.45) is 5.73 Å². The van der Waals surface area contributed by atoms with Crippen LogP contribution in [0.25, 0.3) is 0 Å². The van der Waals surface area contributed by atoms with Gasteiger partial charge in [0.1, 0.15) is 6.04 Å². The van der Waals surface area contributed by atoms with E-state index < -0.39 is 29.7 Å². The van der Waals surface area contributed by atoms with Gasteiger partial charge in [-0.05, 0) is 31.0 Å². The number of carbonyl (C=O) groups excluding carboxylic acids is 2. The first-order valence-electron chi connectivity index (χ1n) is 6.58. The van der Waals surface area contributed by atoms with Crippen molar-refractivity contribution in [3.8, 4) is 0 Å². The molecule has 0 radical (unpaired) electrons. The predicted molar refractivity (Wildman–Crippen MR) is 72.5 cm³/mol. The molecule has 6 nitrogen and oxygen atoms in total. The maximum Gasteiger partial charge on any atom is 0.416 e. The number of halogens is 3. The number of anilines is 1. The third-order valence-electron chi connectivity index (χ3n) is 3.36. The van der Waals surface area contributed by atoms with Crippen LogP contribution in [0.5, 0.6) is 0 Å². The number of amides is 3. The van der Waals surface area contributed by atoms with Crippen LogP contribution in [0.1, 0.15) is 18.4 Å². The van der Waals surface area contributed by atoms with Crippen molar-refractivity contribution in [2.75, 3.05) is 12.0 Å². The molecule has 0 aliphatic carbocycles. The number of likely N-dealkylation sites (tertiary alicyclic amines) is 1. The summed E-state index contributed by atoms with van der Waals surface area (Å²) in [4.78, 5) is 24.4. The highest BCUT2D eigenvalue weighted by molar-refractivity contribution is 5.87. The SMILES string of the molecule is NC(=O)N1CCCC1C(=O)NNc1cccc(C(F)(F)F)c1. The number of nitrogens with one attached hydrogen (secondary N) is 2. The molecule has 22 heavy (non-hydrogen) atoms. The first-order chi connectivity index (χ1) is 10.3. The average Bonchev–Trinajstić information content (AvgIpc) is 2.94. The van der Waals surface area contributed by atoms with Gasteiger partial charge in [0.25, 0.3) is 5.91 Å². The van der Waals surface area contributed by atoms with Crippen LogP contribution in [0.15, 0.2) is 24.3 Å². The molecule has 0 spiro atoms. The Morgan fingerprint density at radius 2 is 2.05 bits per heavy atom. The van der Waals surface area contributed by atoms with Crippen LogP contribution < -0.4 is 16.6 Å². The molecule has 1 heterocycles. The molecule has 0 bridgehead atoms. The van der Waals surface area contributed by atoms with Crippen molar-refractivity contribution in [1.82, 2.24) is 10.3 Å². The Balaban J connectivity index is 1.98. The van der Waals surface area contributed by atoms with E-state index in [1.807, 2.05) is 0 Å². The summed E-state index contributed by atoms with van der Waals surface area (Å²) in [7, 11) is 0. The number of nitrogens with zero attached hydrogens (tertiary/aromatic N) is 1. The molecular formula is C13H15F3N4O2. The van der Waals surface area contributed by atoms with Gasteiger partial charge in [-0.3, -0.25) is 15.6 Å². The van der Waals surface area contributed by atoms with Gasteiger partial charge in [0.05, 0.1) is 11.3 Å². The Bertz CT molecular complexity index is 577. The van der Waals surface area contributed by atoms with E-state index in [9.17, 15) is 22.8 Å². The van der Waals surface area contributed by atoms with Gasteiger partial charge in [0.2, 0.25) is 0 Å². The van der Waals surface area contributed by atoms with Crippen LogP contribution in [0.3, 0.4) is 0 Å². The number of nitrogens with two attached hydrogens (primary N) is 1. The molecule has 120 valence electrons. The fourth-order valence-electron chi connectivity index (χ4n) is 2.29. The number of primary amides is 1. The number of alkyl halides is 3. The molecule has 1 aliphatic rings. The predicted octanol–water partition coefficient (Wildman–Crippen LogP) is 1.69. The first kappa shape index (κ1) is 15.9. The Labute approximate surface area is 124 Å². The summed E-state index contributed by atoms with van der Waals surface area (Å²) in [5.41, 5.74) is 9.14. The van der Waals surface area contributed by atoms with E-state index in [1.165, 1.54) is 17.0 Å². The van der Waals surface area contributed by atoms with Crippen LogP contribution in [0.4, 0.5) is 23.7 Å². The van der Waals surface area contributed by atoms with Crippen molar-refractivity contribution in [1.29, 1.82) is 0 Å². The minimum absolute atomic E-state index is 0.0896. The second-order valence-electron chi connectivity index (χ2n) is 4.88. The van der Waals surface area contributed by atoms with E-state index in [0.29, 0.717) is 19.4 Å². The molecule has 3 amide bonds. The smallest absolute Gasteiger partial charge is 0.351 e. The lowest BCUT2D eigenvalue weighted by Crippen LogP contribution is -2.49. The standard InChI is InChI=1S/C13H15F3N4O2/c14-13(15,16)8-3-1-4-9(7-8)18-19-11(21)10-5-2-6-20(10)12(17)22/h1,3-4,7,10,18H,2,5-6H2,(H2,17,22)(H,19,21). The van der Waals surface area contributed by atoms with Gasteiger partial charge < -0.3 is 10.6 Å². The Hall–Kier alpha value is -2.45. The fourth-order valence-corrected chi connectivity index (χ4v) is 2.29. The van der Waals surface area contributed by atoms with E-state index in [2.05, 4.69) is 10.9 Å². The average molecular weight is 316 g/mol. The molecule has 0 aromatic heterocycles. The second-order valence-corrected chi connectivity index (χ2v) is 4.88. The molecule has 1 saturated heterocycles. The molecule has 1 aromatic rings. The van der Waals surface area contributed by atoms with Gasteiger partial charge in [-0.2, -0.15) is 13.2 Å². The summed E-state index contributed by atoms with van der Waals surface area (Å²) >= 11 is 0. The molecular weight excluding hydrogens is 301 g/mol. The Morgan fingerprint density at radius 1 is 1.32 bits per heavy atom. The van der Waals surface area contributed by atoms with Gasteiger partial charge >= 0.3 is 12.2 Å². The summed E-state index contributed by atoms with van der Waals surface area (Å²) in [6.07, 6.45) is -3.36. The maximum absolute atomic E-state index is 12.6. The highest BCUT2D eigenvalue weighted by Gasteiger charge is 2.33. The molecule has 4 N–H and O–H groups in total. The minimum atomic E-state index is -4.46. The van der Waals surface area contributed by atoms with Crippen molar-refractivity contribution in [2.45, 2.75) is 25.1 Å². The van der Waals surface area contributed by atoms with Crippen LogP contribution in [0.2, 0.25) is 0 Å². The zero-order chi connectivity index (χ0) is 16.3. The van der Waals surface area contributed by atoms with Crippen LogP contribution >= 0.6 is 0 Å². The van der Waals surface area contributed by atoms with E-state index in [1.54, 1.807) is 0 Å². The number of benzene rings is 1. The zero-order valence-corrected chi connectivity index (χ0v) is 11.5. The minimum Gasteiger partial charge on any atom is -0.351 e. The lowest BCUT2D eigenvalue weighted by molar-refractivity contribution is -0.137. The second kappa shape index (κ2) is 6.12. The number of hydrogen-bond acceptors (Lipinski definition) is 3. The third kappa shape index (κ3) is 3.60. The van der Waals surface area contributed by atoms with Crippen molar-refractivity contribution < 1.29 is 22.8 Å². The molecule has 0 saturated carbocycles. The molecule has 1 atom stereocenters. The number of rotatable bonds is 3. The Morgan fingerprint density at radius 3 is 2.68 bits per heavy atom. The quantitative estimate of drug-likeness (QED) is 0.742. The lowest BCUT2D eigenvalue weighted by Gasteiger charge is -2.22. The molecule has 9 heteroatoms. The number of hydrogen-bond donors (Lipinski definition) is 3. The number of urea groups is 1. The fraction of sp³-hybridized carbons (Fsp3) is 0.385. The first-order valence-corrected chi connectivity index (χ1v) is 6.58.